The first-order chi connectivity index (χ1) is 7.61. The van der Waals surface area contributed by atoms with E-state index in [2.05, 4.69) is 64.0 Å². The molecule has 0 N–H and O–H groups in total. The van der Waals surface area contributed by atoms with Crippen molar-refractivity contribution >= 4 is 0 Å². The molecule has 0 radical (unpaired) electrons. The van der Waals surface area contributed by atoms with E-state index < -0.39 is 0 Å². The maximum Gasteiger partial charge on any atom is 0.133 e. The molecule has 0 aliphatic carbocycles. The van der Waals surface area contributed by atoms with Gasteiger partial charge in [0.05, 0.1) is 20.6 Å². The largest absolute Gasteiger partial charge is 1.00 e. The molecule has 1 aromatic carbocycles. The van der Waals surface area contributed by atoms with Gasteiger partial charge in [0.2, 0.25) is 0 Å². The number of likely N-dealkylation sites (N-methyl/N-ethyl adjacent to an activating group) is 1. The predicted octanol–water partition coefficient (Wildman–Crippen LogP) is 0.794. The molecular weight excluding hydrogens is 230 g/mol. The van der Waals surface area contributed by atoms with Crippen LogP contribution in [0.15, 0.2) is 43.0 Å². The number of halogens is 1. The minimum absolute atomic E-state index is 0. The van der Waals surface area contributed by atoms with Crippen molar-refractivity contribution in [3.8, 4) is 0 Å². The maximum absolute atomic E-state index is 4.00. The summed E-state index contributed by atoms with van der Waals surface area (Å²) in [6.07, 6.45) is 4.59. The molecule has 1 nitrogen and oxygen atoms in total. The standard InChI is InChI=1S/C15H24N.ClH/c1-5-7-13-16(3,4)15(6-2)14-11-9-8-10-12-14;/h6,8-12,15H,2,5,7,13H2,1,3-4H3;1H/q+1;/p-1. The van der Waals surface area contributed by atoms with E-state index in [1.807, 2.05) is 0 Å². The number of benzene rings is 1. The van der Waals surface area contributed by atoms with Crippen molar-refractivity contribution in [2.24, 2.45) is 0 Å². The fourth-order valence-corrected chi connectivity index (χ4v) is 2.18. The monoisotopic (exact) mass is 253 g/mol. The Morgan fingerprint density at radius 1 is 1.24 bits per heavy atom. The van der Waals surface area contributed by atoms with E-state index in [9.17, 15) is 0 Å². The van der Waals surface area contributed by atoms with Gasteiger partial charge in [-0.2, -0.15) is 0 Å². The smallest absolute Gasteiger partial charge is 0.133 e. The van der Waals surface area contributed by atoms with Crippen LogP contribution in [-0.2, 0) is 0 Å². The summed E-state index contributed by atoms with van der Waals surface area (Å²) >= 11 is 0. The molecule has 1 unspecified atom stereocenters. The van der Waals surface area contributed by atoms with Gasteiger partial charge in [0.15, 0.2) is 0 Å². The van der Waals surface area contributed by atoms with Gasteiger partial charge in [-0.15, -0.1) is 0 Å². The molecular formula is C15H24ClN. The van der Waals surface area contributed by atoms with Crippen LogP contribution in [0, 0.1) is 0 Å². The molecule has 0 saturated carbocycles. The average Bonchev–Trinajstić information content (AvgIpc) is 2.28. The molecule has 0 saturated heterocycles. The van der Waals surface area contributed by atoms with Gasteiger partial charge < -0.3 is 16.9 Å². The molecule has 0 spiro atoms. The summed E-state index contributed by atoms with van der Waals surface area (Å²) in [5.41, 5.74) is 1.36. The summed E-state index contributed by atoms with van der Waals surface area (Å²) in [6, 6.07) is 11.1. The molecule has 0 aliphatic heterocycles. The van der Waals surface area contributed by atoms with Crippen molar-refractivity contribution in [2.75, 3.05) is 20.6 Å². The molecule has 2 heteroatoms. The van der Waals surface area contributed by atoms with Crippen LogP contribution in [0.4, 0.5) is 0 Å². The highest BCUT2D eigenvalue weighted by Gasteiger charge is 2.26. The van der Waals surface area contributed by atoms with Crippen LogP contribution in [-0.4, -0.2) is 25.1 Å². The Morgan fingerprint density at radius 3 is 2.29 bits per heavy atom. The van der Waals surface area contributed by atoms with Gasteiger partial charge in [0.25, 0.3) is 0 Å². The van der Waals surface area contributed by atoms with Crippen LogP contribution in [0.2, 0.25) is 0 Å². The molecule has 1 aromatic rings. The van der Waals surface area contributed by atoms with Crippen LogP contribution in [0.3, 0.4) is 0 Å². The van der Waals surface area contributed by atoms with Crippen molar-refractivity contribution in [1.82, 2.24) is 0 Å². The normalized spacial score (nSPS) is 12.6. The average molecular weight is 254 g/mol. The van der Waals surface area contributed by atoms with E-state index >= 15 is 0 Å². The summed E-state index contributed by atoms with van der Waals surface area (Å²) in [5.74, 6) is 0. The summed E-state index contributed by atoms with van der Waals surface area (Å²) < 4.78 is 0.987. The van der Waals surface area contributed by atoms with Gasteiger partial charge in [0.1, 0.15) is 6.04 Å². The van der Waals surface area contributed by atoms with Crippen LogP contribution in [0.25, 0.3) is 0 Å². The maximum atomic E-state index is 4.00. The first-order valence-corrected chi connectivity index (χ1v) is 6.12. The highest BCUT2D eigenvalue weighted by atomic mass is 35.5. The minimum atomic E-state index is 0. The van der Waals surface area contributed by atoms with Crippen molar-refractivity contribution in [3.05, 3.63) is 48.6 Å². The first-order valence-electron chi connectivity index (χ1n) is 6.12. The second-order valence-corrected chi connectivity index (χ2v) is 4.95. The first kappa shape index (κ1) is 16.2. The molecule has 0 amide bonds. The van der Waals surface area contributed by atoms with E-state index in [0.717, 1.165) is 4.48 Å². The van der Waals surface area contributed by atoms with Gasteiger partial charge in [-0.05, 0) is 12.5 Å². The number of rotatable bonds is 6. The summed E-state index contributed by atoms with van der Waals surface area (Å²) in [7, 11) is 4.57. The predicted molar refractivity (Wildman–Crippen MR) is 71.3 cm³/mol. The van der Waals surface area contributed by atoms with Crippen molar-refractivity contribution in [2.45, 2.75) is 25.8 Å². The lowest BCUT2D eigenvalue weighted by atomic mass is 10.0. The van der Waals surface area contributed by atoms with Gasteiger partial charge >= 0.3 is 0 Å². The lowest BCUT2D eigenvalue weighted by Gasteiger charge is -2.36. The van der Waals surface area contributed by atoms with Crippen LogP contribution >= 0.6 is 0 Å². The van der Waals surface area contributed by atoms with Gasteiger partial charge in [-0.1, -0.05) is 50.3 Å². The molecule has 17 heavy (non-hydrogen) atoms. The van der Waals surface area contributed by atoms with Crippen molar-refractivity contribution < 1.29 is 16.9 Å². The molecule has 1 rings (SSSR count). The van der Waals surface area contributed by atoms with E-state index in [1.165, 1.54) is 24.9 Å². The van der Waals surface area contributed by atoms with Crippen LogP contribution in [0.5, 0.6) is 0 Å². The zero-order valence-electron chi connectivity index (χ0n) is 11.2. The number of hydrogen-bond acceptors (Lipinski definition) is 0. The molecule has 0 aliphatic rings. The molecule has 0 fully saturated rings. The second kappa shape index (κ2) is 7.52. The molecule has 0 bridgehead atoms. The molecule has 1 atom stereocenters. The number of unbranched alkanes of at least 4 members (excludes halogenated alkanes) is 1. The topological polar surface area (TPSA) is 0 Å². The Hall–Kier alpha value is -0.790. The van der Waals surface area contributed by atoms with E-state index in [4.69, 9.17) is 0 Å². The third-order valence-corrected chi connectivity index (χ3v) is 3.21. The Labute approximate surface area is 112 Å². The lowest BCUT2D eigenvalue weighted by Crippen LogP contribution is -3.00. The van der Waals surface area contributed by atoms with E-state index in [0.29, 0.717) is 6.04 Å². The number of nitrogens with zero attached hydrogens (tertiary/aromatic N) is 1. The number of quaternary nitrogens is 1. The molecule has 96 valence electrons. The summed E-state index contributed by atoms with van der Waals surface area (Å²) in [4.78, 5) is 0. The summed E-state index contributed by atoms with van der Waals surface area (Å²) in [6.45, 7) is 7.43. The van der Waals surface area contributed by atoms with E-state index in [-0.39, 0.29) is 12.4 Å². The van der Waals surface area contributed by atoms with Gasteiger partial charge in [0, 0.05) is 5.56 Å². The molecule has 0 aromatic heterocycles. The Morgan fingerprint density at radius 2 is 1.82 bits per heavy atom. The SMILES string of the molecule is C=CC(c1ccccc1)[N+](C)(C)CCCC.[Cl-]. The third-order valence-electron chi connectivity index (χ3n) is 3.21. The second-order valence-electron chi connectivity index (χ2n) is 4.95. The summed E-state index contributed by atoms with van der Waals surface area (Å²) in [5, 5.41) is 0. The Balaban J connectivity index is 0.00000256. The number of hydrogen-bond donors (Lipinski definition) is 0. The Kier molecular flexibility index (Phi) is 7.17. The highest BCUT2D eigenvalue weighted by Crippen LogP contribution is 2.26. The van der Waals surface area contributed by atoms with Gasteiger partial charge in [-0.25, -0.2) is 0 Å². The van der Waals surface area contributed by atoms with Crippen LogP contribution < -0.4 is 12.4 Å². The third kappa shape index (κ3) is 4.53. The van der Waals surface area contributed by atoms with Gasteiger partial charge in [-0.3, -0.25) is 0 Å². The quantitative estimate of drug-likeness (QED) is 0.520. The van der Waals surface area contributed by atoms with Crippen molar-refractivity contribution in [1.29, 1.82) is 0 Å². The fourth-order valence-electron chi connectivity index (χ4n) is 2.18. The minimum Gasteiger partial charge on any atom is -1.00 e. The van der Waals surface area contributed by atoms with Crippen molar-refractivity contribution in [3.63, 3.8) is 0 Å². The highest BCUT2D eigenvalue weighted by molar-refractivity contribution is 5.20. The lowest BCUT2D eigenvalue weighted by molar-refractivity contribution is -0.914. The fraction of sp³-hybridized carbons (Fsp3) is 0.467. The zero-order valence-corrected chi connectivity index (χ0v) is 12.0. The van der Waals surface area contributed by atoms with Crippen LogP contribution in [0.1, 0.15) is 31.4 Å². The Bertz CT molecular complexity index is 319. The van der Waals surface area contributed by atoms with E-state index in [1.54, 1.807) is 0 Å². The zero-order chi connectivity index (χ0) is 12.0. The molecule has 0 heterocycles.